The molecule has 0 bridgehead atoms. The highest BCUT2D eigenvalue weighted by Gasteiger charge is 2.21. The number of benzene rings is 1. The second-order valence-electron chi connectivity index (χ2n) is 6.65. The van der Waals surface area contributed by atoms with E-state index in [1.54, 1.807) is 6.07 Å². The van der Waals surface area contributed by atoms with Crippen molar-refractivity contribution in [1.29, 1.82) is 0 Å². The molecule has 1 aliphatic rings. The lowest BCUT2D eigenvalue weighted by Crippen LogP contribution is -2.14. The largest absolute Gasteiger partial charge is 0.381 e. The van der Waals surface area contributed by atoms with Crippen molar-refractivity contribution in [1.82, 2.24) is 9.36 Å². The number of carbonyl (C=O) groups excluding carboxylic acids is 1. The Kier molecular flexibility index (Phi) is 4.31. The van der Waals surface area contributed by atoms with E-state index >= 15 is 0 Å². The van der Waals surface area contributed by atoms with Crippen LogP contribution in [0.2, 0.25) is 0 Å². The average Bonchev–Trinajstić information content (AvgIpc) is 3.21. The Balaban J connectivity index is 1.62. The van der Waals surface area contributed by atoms with E-state index in [4.69, 9.17) is 10.5 Å². The Hall–Kier alpha value is -2.18. The summed E-state index contributed by atoms with van der Waals surface area (Å²) in [5.74, 6) is 0.142. The van der Waals surface area contributed by atoms with Crippen molar-refractivity contribution in [3.63, 3.8) is 0 Å². The summed E-state index contributed by atoms with van der Waals surface area (Å²) in [4.78, 5) is 15.3. The molecule has 3 heterocycles. The first kappa shape index (κ1) is 16.3. The normalized spacial score (nSPS) is 15.7. The third kappa shape index (κ3) is 3.19. The van der Waals surface area contributed by atoms with Gasteiger partial charge in [-0.1, -0.05) is 6.07 Å². The molecule has 4 rings (SSSR count). The van der Waals surface area contributed by atoms with Crippen molar-refractivity contribution in [3.8, 4) is 0 Å². The quantitative estimate of drug-likeness (QED) is 0.751. The molecule has 130 valence electrons. The Morgan fingerprint density at radius 1 is 1.36 bits per heavy atom. The summed E-state index contributed by atoms with van der Waals surface area (Å²) in [6, 6.07) is 8.28. The Labute approximate surface area is 150 Å². The topological polar surface area (TPSA) is 81.0 Å². The van der Waals surface area contributed by atoms with Gasteiger partial charge in [-0.2, -0.15) is 4.37 Å². The van der Waals surface area contributed by atoms with E-state index in [1.165, 1.54) is 27.7 Å². The lowest BCUT2D eigenvalue weighted by molar-refractivity contribution is 0.0845. The fourth-order valence-electron chi connectivity index (χ4n) is 3.62. The molecule has 3 N–H and O–H groups in total. The van der Waals surface area contributed by atoms with Crippen LogP contribution in [-0.2, 0) is 11.2 Å². The Morgan fingerprint density at radius 2 is 2.16 bits per heavy atom. The van der Waals surface area contributed by atoms with Gasteiger partial charge in [-0.25, -0.2) is 0 Å². The van der Waals surface area contributed by atoms with Gasteiger partial charge in [-0.05, 0) is 60.6 Å². The molecule has 0 unspecified atom stereocenters. The maximum Gasteiger partial charge on any atom is 0.260 e. The maximum atomic E-state index is 11.2. The average molecular weight is 355 g/mol. The molecular weight excluding hydrogens is 334 g/mol. The minimum Gasteiger partial charge on any atom is -0.381 e. The number of nitrogens with one attached hydrogen (secondary N) is 1. The summed E-state index contributed by atoms with van der Waals surface area (Å²) >= 11 is 1.16. The number of aromatic amines is 1. The Bertz CT molecular complexity index is 922. The van der Waals surface area contributed by atoms with E-state index in [0.717, 1.165) is 43.3 Å². The fraction of sp³-hybridized carbons (Fsp3) is 0.368. The summed E-state index contributed by atoms with van der Waals surface area (Å²) in [5, 5.41) is 1.27. The van der Waals surface area contributed by atoms with Crippen LogP contribution in [0.15, 0.2) is 24.3 Å². The smallest absolute Gasteiger partial charge is 0.260 e. The minimum absolute atomic E-state index is 0.415. The third-order valence-electron chi connectivity index (χ3n) is 4.98. The van der Waals surface area contributed by atoms with Crippen molar-refractivity contribution in [2.75, 3.05) is 13.2 Å². The van der Waals surface area contributed by atoms with Crippen LogP contribution in [0, 0.1) is 6.92 Å². The van der Waals surface area contributed by atoms with Gasteiger partial charge in [0, 0.05) is 42.1 Å². The zero-order valence-electron chi connectivity index (χ0n) is 14.2. The van der Waals surface area contributed by atoms with E-state index in [9.17, 15) is 4.79 Å². The molecule has 0 saturated carbocycles. The highest BCUT2D eigenvalue weighted by molar-refractivity contribution is 7.08. The number of H-pyrrole nitrogens is 1. The highest BCUT2D eigenvalue weighted by Crippen LogP contribution is 2.33. The van der Waals surface area contributed by atoms with Gasteiger partial charge >= 0.3 is 0 Å². The number of nitrogens with zero attached hydrogens (tertiary/aromatic N) is 1. The van der Waals surface area contributed by atoms with Crippen molar-refractivity contribution in [2.24, 2.45) is 5.73 Å². The second-order valence-corrected chi connectivity index (χ2v) is 7.46. The molecule has 6 heteroatoms. The number of aryl methyl sites for hydroxylation is 1. The molecule has 0 radical (unpaired) electrons. The predicted octanol–water partition coefficient (Wildman–Crippen LogP) is 3.52. The van der Waals surface area contributed by atoms with Gasteiger partial charge in [-0.3, -0.25) is 4.79 Å². The van der Waals surface area contributed by atoms with Gasteiger partial charge in [0.25, 0.3) is 5.91 Å². The standard InChI is InChI=1S/C19H21N3O2S/c1-11-15-9-12(8-14-10-17(19(20)23)25-22-14)2-3-16(15)21-18(11)13-4-6-24-7-5-13/h2-3,9-10,13,21H,4-8H2,1H3,(H2,20,23). The molecule has 0 aliphatic carbocycles. The number of primary amides is 1. The molecule has 1 amide bonds. The number of hydrogen-bond donors (Lipinski definition) is 2. The fourth-order valence-corrected chi connectivity index (χ4v) is 4.23. The number of hydrogen-bond acceptors (Lipinski definition) is 4. The number of aromatic nitrogens is 2. The van der Waals surface area contributed by atoms with Gasteiger partial charge < -0.3 is 15.5 Å². The first-order chi connectivity index (χ1) is 12.1. The lowest BCUT2D eigenvalue weighted by atomic mass is 9.93. The van der Waals surface area contributed by atoms with Crippen LogP contribution in [-0.4, -0.2) is 28.5 Å². The number of rotatable bonds is 4. The summed E-state index contributed by atoms with van der Waals surface area (Å²) in [6.45, 7) is 3.88. The molecule has 1 saturated heterocycles. The van der Waals surface area contributed by atoms with E-state index < -0.39 is 5.91 Å². The zero-order valence-corrected chi connectivity index (χ0v) is 15.0. The van der Waals surface area contributed by atoms with Crippen molar-refractivity contribution in [3.05, 3.63) is 51.7 Å². The monoisotopic (exact) mass is 355 g/mol. The summed E-state index contributed by atoms with van der Waals surface area (Å²) in [5.41, 5.74) is 11.2. The number of amides is 1. The van der Waals surface area contributed by atoms with Crippen LogP contribution < -0.4 is 5.73 Å². The van der Waals surface area contributed by atoms with E-state index in [-0.39, 0.29) is 0 Å². The van der Waals surface area contributed by atoms with Crippen LogP contribution >= 0.6 is 11.5 Å². The van der Waals surface area contributed by atoms with Gasteiger partial charge in [0.2, 0.25) is 0 Å². The highest BCUT2D eigenvalue weighted by atomic mass is 32.1. The van der Waals surface area contributed by atoms with Crippen LogP contribution in [0.1, 0.15) is 50.9 Å². The molecule has 25 heavy (non-hydrogen) atoms. The van der Waals surface area contributed by atoms with Gasteiger partial charge in [0.15, 0.2) is 0 Å². The molecular formula is C19H21N3O2S. The maximum absolute atomic E-state index is 11.2. The molecule has 3 aromatic rings. The van der Waals surface area contributed by atoms with Crippen LogP contribution in [0.4, 0.5) is 0 Å². The molecule has 5 nitrogen and oxygen atoms in total. The van der Waals surface area contributed by atoms with Crippen LogP contribution in [0.5, 0.6) is 0 Å². The van der Waals surface area contributed by atoms with Crippen molar-refractivity contribution in [2.45, 2.75) is 32.1 Å². The Morgan fingerprint density at radius 3 is 2.88 bits per heavy atom. The summed E-state index contributed by atoms with van der Waals surface area (Å²) in [6.07, 6.45) is 2.86. The zero-order chi connectivity index (χ0) is 17.4. The predicted molar refractivity (Wildman–Crippen MR) is 99.3 cm³/mol. The first-order valence-corrected chi connectivity index (χ1v) is 9.33. The van der Waals surface area contributed by atoms with E-state index in [1.807, 2.05) is 0 Å². The van der Waals surface area contributed by atoms with Gasteiger partial charge in [0.1, 0.15) is 4.88 Å². The van der Waals surface area contributed by atoms with Crippen molar-refractivity contribution < 1.29 is 9.53 Å². The molecule has 1 aliphatic heterocycles. The number of carbonyl (C=O) groups is 1. The lowest BCUT2D eigenvalue weighted by Gasteiger charge is -2.21. The third-order valence-corrected chi connectivity index (χ3v) is 5.82. The number of ether oxygens (including phenoxy) is 1. The second kappa shape index (κ2) is 6.61. The molecule has 0 atom stereocenters. The van der Waals surface area contributed by atoms with Gasteiger partial charge in [-0.15, -0.1) is 0 Å². The summed E-state index contributed by atoms with van der Waals surface area (Å²) < 4.78 is 9.82. The number of fused-ring (bicyclic) bond motifs is 1. The van der Waals surface area contributed by atoms with Crippen LogP contribution in [0.3, 0.4) is 0 Å². The van der Waals surface area contributed by atoms with Crippen molar-refractivity contribution >= 4 is 28.3 Å². The molecule has 1 aromatic carbocycles. The molecule has 1 fully saturated rings. The molecule has 0 spiro atoms. The first-order valence-electron chi connectivity index (χ1n) is 8.56. The summed E-state index contributed by atoms with van der Waals surface area (Å²) in [7, 11) is 0. The van der Waals surface area contributed by atoms with E-state index in [0.29, 0.717) is 17.2 Å². The minimum atomic E-state index is -0.415. The SMILES string of the molecule is Cc1c(C2CCOCC2)[nH]c2ccc(Cc3cc(C(N)=O)sn3)cc12. The number of nitrogens with two attached hydrogens (primary N) is 1. The van der Waals surface area contributed by atoms with Crippen LogP contribution in [0.25, 0.3) is 10.9 Å². The molecule has 2 aromatic heterocycles. The van der Waals surface area contributed by atoms with Gasteiger partial charge in [0.05, 0.1) is 5.69 Å². The van der Waals surface area contributed by atoms with E-state index in [2.05, 4.69) is 34.5 Å².